The number of nitrogens with zero attached hydrogens (tertiary/aromatic N) is 1. The first kappa shape index (κ1) is 11.6. The van der Waals surface area contributed by atoms with Gasteiger partial charge < -0.3 is 9.84 Å². The first-order chi connectivity index (χ1) is 8.24. The zero-order valence-corrected chi connectivity index (χ0v) is 9.50. The Hall–Kier alpha value is -1.84. The van der Waals surface area contributed by atoms with Gasteiger partial charge in [-0.1, -0.05) is 0 Å². The Labute approximate surface area is 99.9 Å². The second kappa shape index (κ2) is 5.48. The molecule has 1 saturated carbocycles. The van der Waals surface area contributed by atoms with Gasteiger partial charge in [-0.3, -0.25) is 4.98 Å². The summed E-state index contributed by atoms with van der Waals surface area (Å²) in [5.74, 6) is -0.220. The van der Waals surface area contributed by atoms with Crippen LogP contribution in [0.15, 0.2) is 24.4 Å². The molecule has 0 unspecified atom stereocenters. The van der Waals surface area contributed by atoms with Gasteiger partial charge in [-0.25, -0.2) is 4.79 Å². The molecule has 0 aromatic carbocycles. The third kappa shape index (κ3) is 3.59. The molecule has 0 spiro atoms. The van der Waals surface area contributed by atoms with Gasteiger partial charge in [0.05, 0.1) is 18.0 Å². The summed E-state index contributed by atoms with van der Waals surface area (Å²) in [6.45, 7) is 0. The largest absolute Gasteiger partial charge is 0.489 e. The second-order valence-electron chi connectivity index (χ2n) is 4.11. The van der Waals surface area contributed by atoms with Crippen molar-refractivity contribution in [2.24, 2.45) is 0 Å². The predicted octanol–water partition coefficient (Wildman–Crippen LogP) is 2.50. The molecule has 0 aliphatic heterocycles. The van der Waals surface area contributed by atoms with Crippen LogP contribution in [0, 0.1) is 0 Å². The van der Waals surface area contributed by atoms with Crippen molar-refractivity contribution in [2.45, 2.75) is 31.8 Å². The number of carbonyl (C=O) groups is 1. The molecule has 1 N–H and O–H groups in total. The first-order valence-electron chi connectivity index (χ1n) is 5.78. The van der Waals surface area contributed by atoms with Crippen LogP contribution in [0.25, 0.3) is 6.08 Å². The van der Waals surface area contributed by atoms with Crippen LogP contribution in [0.2, 0.25) is 0 Å². The van der Waals surface area contributed by atoms with Crippen molar-refractivity contribution >= 4 is 12.0 Å². The Kier molecular flexibility index (Phi) is 3.75. The van der Waals surface area contributed by atoms with E-state index in [1.807, 2.05) is 6.07 Å². The van der Waals surface area contributed by atoms with E-state index in [1.165, 1.54) is 18.9 Å². The maximum atomic E-state index is 10.3. The van der Waals surface area contributed by atoms with Crippen molar-refractivity contribution in [2.75, 3.05) is 0 Å². The summed E-state index contributed by atoms with van der Waals surface area (Å²) in [6, 6.07) is 3.58. The fourth-order valence-electron chi connectivity index (χ4n) is 1.92. The topological polar surface area (TPSA) is 59.4 Å². The number of ether oxygens (including phenoxy) is 1. The lowest BCUT2D eigenvalue weighted by Crippen LogP contribution is -2.10. The molecule has 0 saturated heterocycles. The highest BCUT2D eigenvalue weighted by Crippen LogP contribution is 2.23. The molecule has 0 radical (unpaired) electrons. The van der Waals surface area contributed by atoms with Crippen LogP contribution in [0.3, 0.4) is 0 Å². The van der Waals surface area contributed by atoms with Gasteiger partial charge in [-0.15, -0.1) is 0 Å². The molecule has 0 atom stereocenters. The lowest BCUT2D eigenvalue weighted by Gasteiger charge is -2.12. The summed E-state index contributed by atoms with van der Waals surface area (Å²) in [7, 11) is 0. The van der Waals surface area contributed by atoms with Crippen LogP contribution in [-0.2, 0) is 4.79 Å². The summed E-state index contributed by atoms with van der Waals surface area (Å²) in [5, 5.41) is 8.48. The van der Waals surface area contributed by atoms with E-state index in [9.17, 15) is 4.79 Å². The fraction of sp³-hybridized carbons (Fsp3) is 0.385. The average Bonchev–Trinajstić information content (AvgIpc) is 2.81. The molecule has 1 fully saturated rings. The molecule has 17 heavy (non-hydrogen) atoms. The lowest BCUT2D eigenvalue weighted by atomic mass is 10.3. The Morgan fingerprint density at radius 3 is 2.76 bits per heavy atom. The van der Waals surface area contributed by atoms with Crippen molar-refractivity contribution in [3.05, 3.63) is 30.1 Å². The van der Waals surface area contributed by atoms with E-state index in [-0.39, 0.29) is 0 Å². The van der Waals surface area contributed by atoms with Gasteiger partial charge in [0.2, 0.25) is 0 Å². The molecular weight excluding hydrogens is 218 g/mol. The second-order valence-corrected chi connectivity index (χ2v) is 4.11. The van der Waals surface area contributed by atoms with Gasteiger partial charge in [0.25, 0.3) is 0 Å². The van der Waals surface area contributed by atoms with Crippen LogP contribution in [-0.4, -0.2) is 22.2 Å². The van der Waals surface area contributed by atoms with E-state index in [0.717, 1.165) is 24.7 Å². The standard InChI is InChI=1S/C13H15NO3/c15-13(16)8-6-10-5-7-12(9-14-10)17-11-3-1-2-4-11/h5-9,11H,1-4H2,(H,15,16). The zero-order chi connectivity index (χ0) is 12.1. The Morgan fingerprint density at radius 2 is 2.18 bits per heavy atom. The quantitative estimate of drug-likeness (QED) is 0.812. The number of carboxylic acids is 1. The van der Waals surface area contributed by atoms with Gasteiger partial charge >= 0.3 is 5.97 Å². The lowest BCUT2D eigenvalue weighted by molar-refractivity contribution is -0.131. The van der Waals surface area contributed by atoms with Crippen molar-refractivity contribution < 1.29 is 14.6 Å². The molecular formula is C13H15NO3. The molecule has 1 heterocycles. The van der Waals surface area contributed by atoms with Crippen LogP contribution in [0.4, 0.5) is 0 Å². The molecule has 4 nitrogen and oxygen atoms in total. The number of hydrogen-bond donors (Lipinski definition) is 1. The molecule has 0 bridgehead atoms. The van der Waals surface area contributed by atoms with E-state index in [4.69, 9.17) is 9.84 Å². The van der Waals surface area contributed by atoms with Crippen LogP contribution in [0.1, 0.15) is 31.4 Å². The molecule has 1 aliphatic rings. The predicted molar refractivity (Wildman–Crippen MR) is 63.8 cm³/mol. The SMILES string of the molecule is O=C(O)C=Cc1ccc(OC2CCCC2)cn1. The third-order valence-electron chi connectivity index (χ3n) is 2.76. The Morgan fingerprint density at radius 1 is 1.41 bits per heavy atom. The number of aliphatic carboxylic acids is 1. The minimum absolute atomic E-state index is 0.317. The Balaban J connectivity index is 1.95. The average molecular weight is 233 g/mol. The normalized spacial score (nSPS) is 16.5. The van der Waals surface area contributed by atoms with Gasteiger partial charge in [0, 0.05) is 6.08 Å². The third-order valence-corrected chi connectivity index (χ3v) is 2.76. The van der Waals surface area contributed by atoms with Gasteiger partial charge in [-0.2, -0.15) is 0 Å². The summed E-state index contributed by atoms with van der Waals surface area (Å²) in [4.78, 5) is 14.4. The molecule has 0 amide bonds. The molecule has 1 aliphatic carbocycles. The number of carboxylic acid groups (broad SMARTS) is 1. The molecule has 4 heteroatoms. The zero-order valence-electron chi connectivity index (χ0n) is 9.50. The van der Waals surface area contributed by atoms with Crippen LogP contribution >= 0.6 is 0 Å². The minimum atomic E-state index is -0.974. The molecule has 2 rings (SSSR count). The van der Waals surface area contributed by atoms with Crippen LogP contribution < -0.4 is 4.74 Å². The molecule has 1 aromatic heterocycles. The smallest absolute Gasteiger partial charge is 0.328 e. The Bertz CT molecular complexity index is 405. The summed E-state index contributed by atoms with van der Waals surface area (Å²) >= 11 is 0. The van der Waals surface area contributed by atoms with Crippen molar-refractivity contribution in [3.63, 3.8) is 0 Å². The highest BCUT2D eigenvalue weighted by Gasteiger charge is 2.16. The van der Waals surface area contributed by atoms with E-state index in [0.29, 0.717) is 11.8 Å². The monoisotopic (exact) mass is 233 g/mol. The summed E-state index contributed by atoms with van der Waals surface area (Å²) < 4.78 is 5.75. The maximum absolute atomic E-state index is 10.3. The highest BCUT2D eigenvalue weighted by atomic mass is 16.5. The maximum Gasteiger partial charge on any atom is 0.328 e. The minimum Gasteiger partial charge on any atom is -0.489 e. The summed E-state index contributed by atoms with van der Waals surface area (Å²) in [6.07, 6.45) is 9.18. The fourth-order valence-corrected chi connectivity index (χ4v) is 1.92. The van der Waals surface area contributed by atoms with Crippen molar-refractivity contribution in [3.8, 4) is 5.75 Å². The van der Waals surface area contributed by atoms with Gasteiger partial charge in [0.1, 0.15) is 5.75 Å². The van der Waals surface area contributed by atoms with E-state index in [1.54, 1.807) is 12.3 Å². The molecule has 1 aromatic rings. The van der Waals surface area contributed by atoms with E-state index < -0.39 is 5.97 Å². The van der Waals surface area contributed by atoms with Gasteiger partial charge in [0.15, 0.2) is 0 Å². The number of pyridine rings is 1. The number of hydrogen-bond acceptors (Lipinski definition) is 3. The summed E-state index contributed by atoms with van der Waals surface area (Å²) in [5.41, 5.74) is 0.617. The first-order valence-corrected chi connectivity index (χ1v) is 5.78. The highest BCUT2D eigenvalue weighted by molar-refractivity contribution is 5.84. The van der Waals surface area contributed by atoms with E-state index in [2.05, 4.69) is 4.98 Å². The van der Waals surface area contributed by atoms with Crippen molar-refractivity contribution in [1.82, 2.24) is 4.98 Å². The van der Waals surface area contributed by atoms with Crippen LogP contribution in [0.5, 0.6) is 5.75 Å². The van der Waals surface area contributed by atoms with Crippen molar-refractivity contribution in [1.29, 1.82) is 0 Å². The number of rotatable bonds is 4. The molecule has 90 valence electrons. The van der Waals surface area contributed by atoms with E-state index >= 15 is 0 Å². The van der Waals surface area contributed by atoms with Gasteiger partial charge in [-0.05, 0) is 43.9 Å². The number of aromatic nitrogens is 1.